The van der Waals surface area contributed by atoms with E-state index in [1.807, 2.05) is 0 Å². The van der Waals surface area contributed by atoms with Crippen LogP contribution in [0.25, 0.3) is 0 Å². The zero-order valence-corrected chi connectivity index (χ0v) is 11.1. The first-order valence-corrected chi connectivity index (χ1v) is 6.65. The van der Waals surface area contributed by atoms with Crippen molar-refractivity contribution in [3.63, 3.8) is 0 Å². The lowest BCUT2D eigenvalue weighted by atomic mass is 9.72. The minimum absolute atomic E-state index is 0.480. The van der Waals surface area contributed by atoms with Crippen LogP contribution in [0.2, 0.25) is 0 Å². The van der Waals surface area contributed by atoms with Crippen molar-refractivity contribution in [2.75, 3.05) is 6.54 Å². The Labute approximate surface area is 95.8 Å². The molecule has 90 valence electrons. The molecule has 0 bridgehead atoms. The summed E-state index contributed by atoms with van der Waals surface area (Å²) in [6.45, 7) is 10.5. The van der Waals surface area contributed by atoms with Crippen LogP contribution in [0, 0.1) is 23.2 Å². The quantitative estimate of drug-likeness (QED) is 0.701. The third-order valence-corrected chi connectivity index (χ3v) is 4.55. The van der Waals surface area contributed by atoms with Crippen LogP contribution >= 0.6 is 0 Å². The van der Waals surface area contributed by atoms with Gasteiger partial charge in [-0.2, -0.15) is 0 Å². The summed E-state index contributed by atoms with van der Waals surface area (Å²) < 4.78 is 0. The molecular weight excluding hydrogens is 182 g/mol. The van der Waals surface area contributed by atoms with Gasteiger partial charge in [-0.05, 0) is 42.6 Å². The topological polar surface area (TPSA) is 26.0 Å². The van der Waals surface area contributed by atoms with Gasteiger partial charge in [0.25, 0.3) is 0 Å². The predicted molar refractivity (Wildman–Crippen MR) is 67.7 cm³/mol. The molecule has 3 atom stereocenters. The van der Waals surface area contributed by atoms with Gasteiger partial charge in [-0.15, -0.1) is 0 Å². The highest BCUT2D eigenvalue weighted by atomic mass is 14.6. The van der Waals surface area contributed by atoms with Crippen LogP contribution in [-0.2, 0) is 0 Å². The van der Waals surface area contributed by atoms with Crippen LogP contribution in [0.15, 0.2) is 0 Å². The van der Waals surface area contributed by atoms with Gasteiger partial charge >= 0.3 is 0 Å². The molecule has 1 heteroatoms. The molecule has 1 aliphatic carbocycles. The molecule has 0 radical (unpaired) electrons. The highest BCUT2D eigenvalue weighted by Gasteiger charge is 2.30. The second kappa shape index (κ2) is 5.34. The third-order valence-electron chi connectivity index (χ3n) is 4.55. The fraction of sp³-hybridized carbons (Fsp3) is 1.00. The molecule has 0 aromatic heterocycles. The average Bonchev–Trinajstić information content (AvgIpc) is 2.19. The molecular formula is C14H29N. The van der Waals surface area contributed by atoms with Crippen LogP contribution in [0.4, 0.5) is 0 Å². The van der Waals surface area contributed by atoms with E-state index in [0.717, 1.165) is 24.3 Å². The monoisotopic (exact) mass is 211 g/mol. The van der Waals surface area contributed by atoms with Crippen molar-refractivity contribution in [1.82, 2.24) is 0 Å². The average molecular weight is 211 g/mol. The Morgan fingerprint density at radius 2 is 1.87 bits per heavy atom. The lowest BCUT2D eigenvalue weighted by Crippen LogP contribution is -2.28. The predicted octanol–water partition coefficient (Wildman–Crippen LogP) is 3.82. The fourth-order valence-electron chi connectivity index (χ4n) is 3.06. The van der Waals surface area contributed by atoms with Crippen LogP contribution in [0.3, 0.4) is 0 Å². The van der Waals surface area contributed by atoms with E-state index in [1.54, 1.807) is 0 Å². The first kappa shape index (κ1) is 13.0. The number of hydrogen-bond donors (Lipinski definition) is 1. The second-order valence-corrected chi connectivity index (χ2v) is 6.47. The smallest absolute Gasteiger partial charge is 0.00486 e. The number of nitrogens with two attached hydrogens (primary N) is 1. The summed E-state index contributed by atoms with van der Waals surface area (Å²) in [6.07, 6.45) is 6.86. The van der Waals surface area contributed by atoms with E-state index in [-0.39, 0.29) is 0 Å². The van der Waals surface area contributed by atoms with Crippen molar-refractivity contribution in [3.8, 4) is 0 Å². The van der Waals surface area contributed by atoms with Crippen molar-refractivity contribution in [1.29, 1.82) is 0 Å². The van der Waals surface area contributed by atoms with Gasteiger partial charge in [-0.25, -0.2) is 0 Å². The van der Waals surface area contributed by atoms with Crippen LogP contribution in [0.5, 0.6) is 0 Å². The van der Waals surface area contributed by atoms with E-state index >= 15 is 0 Å². The molecule has 0 amide bonds. The standard InChI is InChI=1S/C14H29N/c1-11-6-5-7-12(2)14(3,4)9-13(8-11)10-15/h11-13H,5-10,15H2,1-4H3. The molecule has 3 unspecified atom stereocenters. The van der Waals surface area contributed by atoms with Gasteiger partial charge < -0.3 is 5.73 Å². The molecule has 0 saturated heterocycles. The lowest BCUT2D eigenvalue weighted by molar-refractivity contribution is 0.166. The molecule has 1 rings (SSSR count). The van der Waals surface area contributed by atoms with Gasteiger partial charge in [0.05, 0.1) is 0 Å². The molecule has 0 aromatic carbocycles. The van der Waals surface area contributed by atoms with Crippen LogP contribution < -0.4 is 5.73 Å². The van der Waals surface area contributed by atoms with Gasteiger partial charge in [-0.3, -0.25) is 0 Å². The summed E-state index contributed by atoms with van der Waals surface area (Å²) in [5, 5.41) is 0. The Bertz CT molecular complexity index is 186. The Morgan fingerprint density at radius 3 is 2.47 bits per heavy atom. The zero-order chi connectivity index (χ0) is 11.5. The maximum absolute atomic E-state index is 5.90. The number of rotatable bonds is 1. The fourth-order valence-corrected chi connectivity index (χ4v) is 3.06. The van der Waals surface area contributed by atoms with E-state index in [4.69, 9.17) is 5.73 Å². The molecule has 0 spiro atoms. The summed E-state index contributed by atoms with van der Waals surface area (Å²) in [6, 6.07) is 0. The largest absolute Gasteiger partial charge is 0.330 e. The summed E-state index contributed by atoms with van der Waals surface area (Å²) in [5.41, 5.74) is 6.38. The van der Waals surface area contributed by atoms with E-state index in [0.29, 0.717) is 5.41 Å². The molecule has 2 N–H and O–H groups in total. The zero-order valence-electron chi connectivity index (χ0n) is 11.1. The highest BCUT2D eigenvalue weighted by molar-refractivity contribution is 4.81. The normalized spacial score (nSPS) is 37.8. The summed E-state index contributed by atoms with van der Waals surface area (Å²) in [5.74, 6) is 2.46. The Morgan fingerprint density at radius 1 is 1.20 bits per heavy atom. The lowest BCUT2D eigenvalue weighted by Gasteiger charge is -2.34. The molecule has 1 fully saturated rings. The minimum Gasteiger partial charge on any atom is -0.330 e. The van der Waals surface area contributed by atoms with Gasteiger partial charge in [0.1, 0.15) is 0 Å². The van der Waals surface area contributed by atoms with E-state index in [9.17, 15) is 0 Å². The van der Waals surface area contributed by atoms with Crippen molar-refractivity contribution >= 4 is 0 Å². The maximum atomic E-state index is 5.90. The first-order valence-electron chi connectivity index (χ1n) is 6.65. The summed E-state index contributed by atoms with van der Waals surface area (Å²) >= 11 is 0. The van der Waals surface area contributed by atoms with Crippen molar-refractivity contribution < 1.29 is 0 Å². The Kier molecular flexibility index (Phi) is 4.64. The van der Waals surface area contributed by atoms with Crippen LogP contribution in [0.1, 0.15) is 59.8 Å². The SMILES string of the molecule is CC1CCCC(C)C(C)(C)CC(CN)C1. The molecule has 0 aliphatic heterocycles. The number of hydrogen-bond acceptors (Lipinski definition) is 1. The van der Waals surface area contributed by atoms with Gasteiger partial charge in [0, 0.05) is 0 Å². The molecule has 1 saturated carbocycles. The molecule has 15 heavy (non-hydrogen) atoms. The van der Waals surface area contributed by atoms with Crippen molar-refractivity contribution in [3.05, 3.63) is 0 Å². The Hall–Kier alpha value is -0.0400. The third kappa shape index (κ3) is 3.79. The second-order valence-electron chi connectivity index (χ2n) is 6.47. The Balaban J connectivity index is 2.69. The van der Waals surface area contributed by atoms with Gasteiger partial charge in [0.2, 0.25) is 0 Å². The highest BCUT2D eigenvalue weighted by Crippen LogP contribution is 2.40. The van der Waals surface area contributed by atoms with E-state index < -0.39 is 0 Å². The summed E-state index contributed by atoms with van der Waals surface area (Å²) in [7, 11) is 0. The maximum Gasteiger partial charge on any atom is -0.00486 e. The van der Waals surface area contributed by atoms with Crippen molar-refractivity contribution in [2.24, 2.45) is 28.9 Å². The van der Waals surface area contributed by atoms with Gasteiger partial charge in [-0.1, -0.05) is 47.0 Å². The molecule has 0 aromatic rings. The first-order chi connectivity index (χ1) is 6.95. The summed E-state index contributed by atoms with van der Waals surface area (Å²) in [4.78, 5) is 0. The molecule has 0 heterocycles. The van der Waals surface area contributed by atoms with Crippen molar-refractivity contribution in [2.45, 2.75) is 59.8 Å². The minimum atomic E-state index is 0.480. The molecule has 1 aliphatic rings. The van der Waals surface area contributed by atoms with Crippen LogP contribution in [-0.4, -0.2) is 6.54 Å². The van der Waals surface area contributed by atoms with E-state index in [2.05, 4.69) is 27.7 Å². The molecule has 1 nitrogen and oxygen atoms in total. The van der Waals surface area contributed by atoms with E-state index in [1.165, 1.54) is 32.1 Å². The van der Waals surface area contributed by atoms with Gasteiger partial charge in [0.15, 0.2) is 0 Å².